The maximum Gasteiger partial charge on any atom is 0.423 e. The highest BCUT2D eigenvalue weighted by Crippen LogP contribution is 2.31. The van der Waals surface area contributed by atoms with E-state index in [9.17, 15) is 22.8 Å². The Hall–Kier alpha value is -2.14. The lowest BCUT2D eigenvalue weighted by molar-refractivity contribution is -0.139. The first-order valence-corrected chi connectivity index (χ1v) is 6.90. The van der Waals surface area contributed by atoms with Crippen LogP contribution in [0.2, 0.25) is 0 Å². The van der Waals surface area contributed by atoms with Gasteiger partial charge in [-0.1, -0.05) is 0 Å². The molecule has 0 aliphatic rings. The van der Waals surface area contributed by atoms with Crippen molar-refractivity contribution >= 4 is 11.7 Å². The number of carbonyl (C=O) groups is 1. The van der Waals surface area contributed by atoms with E-state index in [1.54, 1.807) is 12.0 Å². The van der Waals surface area contributed by atoms with Crippen LogP contribution in [0.25, 0.3) is 0 Å². The number of aromatic amines is 1. The van der Waals surface area contributed by atoms with Crippen LogP contribution in [0.5, 0.6) is 0 Å². The molecule has 0 saturated carbocycles. The molecule has 0 bridgehead atoms. The lowest BCUT2D eigenvalue weighted by Crippen LogP contribution is -2.39. The Morgan fingerprint density at radius 3 is 2.71 bits per heavy atom. The van der Waals surface area contributed by atoms with Crippen molar-refractivity contribution in [1.29, 1.82) is 0 Å². The summed E-state index contributed by atoms with van der Waals surface area (Å²) < 4.78 is 49.3. The summed E-state index contributed by atoms with van der Waals surface area (Å²) in [7, 11) is 1.36. The lowest BCUT2D eigenvalue weighted by atomic mass is 10.1. The smallest absolute Gasteiger partial charge is 0.423 e. The van der Waals surface area contributed by atoms with E-state index in [1.165, 1.54) is 7.11 Å². The van der Waals surface area contributed by atoms with Gasteiger partial charge >= 0.3 is 12.1 Å². The van der Waals surface area contributed by atoms with Gasteiger partial charge in [-0.05, 0) is 6.92 Å². The first-order chi connectivity index (χ1) is 11.2. The van der Waals surface area contributed by atoms with Crippen LogP contribution in [-0.2, 0) is 20.4 Å². The first kappa shape index (κ1) is 19.9. The average molecular weight is 353 g/mol. The number of alkyl halides is 3. The zero-order valence-corrected chi connectivity index (χ0v) is 13.0. The molecule has 0 aliphatic heterocycles. The number of nitrogens with zero attached hydrogens (tertiary/aromatic N) is 1. The average Bonchev–Trinajstić information content (AvgIpc) is 2.47. The molecule has 0 aliphatic carbocycles. The maximum absolute atomic E-state index is 13.0. The third kappa shape index (κ3) is 5.81. The Bertz CT molecular complexity index is 605. The Balaban J connectivity index is 2.93. The summed E-state index contributed by atoms with van der Waals surface area (Å²) in [5.74, 6) is -1.06. The molecule has 0 amide bonds. The minimum absolute atomic E-state index is 0.107. The van der Waals surface area contributed by atoms with E-state index in [2.05, 4.69) is 10.4 Å². The fourth-order valence-electron chi connectivity index (χ4n) is 1.82. The van der Waals surface area contributed by atoms with Crippen LogP contribution in [0, 0.1) is 0 Å². The van der Waals surface area contributed by atoms with E-state index in [-0.39, 0.29) is 19.6 Å². The van der Waals surface area contributed by atoms with Gasteiger partial charge in [-0.2, -0.15) is 18.3 Å². The molecule has 11 heteroatoms. The number of carboxylic acid groups (broad SMARTS) is 1. The molecule has 1 rings (SSSR count). The number of hydrogen-bond donors (Lipinski definition) is 3. The highest BCUT2D eigenvalue weighted by molar-refractivity contribution is 5.66. The second-order valence-corrected chi connectivity index (χ2v) is 4.90. The zero-order chi connectivity index (χ0) is 18.3. The number of ether oxygens (including phenoxy) is 2. The number of halogens is 3. The molecule has 0 fully saturated rings. The number of aliphatic carboxylic acids is 1. The van der Waals surface area contributed by atoms with Gasteiger partial charge in [-0.15, -0.1) is 0 Å². The van der Waals surface area contributed by atoms with Crippen LogP contribution in [0.3, 0.4) is 0 Å². The zero-order valence-electron chi connectivity index (χ0n) is 13.0. The van der Waals surface area contributed by atoms with Crippen LogP contribution in [0.1, 0.15) is 18.9 Å². The summed E-state index contributed by atoms with van der Waals surface area (Å²) in [5, 5.41) is 16.2. The summed E-state index contributed by atoms with van der Waals surface area (Å²) in [4.78, 5) is 21.9. The third-order valence-electron chi connectivity index (χ3n) is 3.18. The number of anilines is 1. The monoisotopic (exact) mass is 353 g/mol. The van der Waals surface area contributed by atoms with Gasteiger partial charge in [0.15, 0.2) is 0 Å². The normalized spacial score (nSPS) is 14.2. The van der Waals surface area contributed by atoms with E-state index < -0.39 is 41.1 Å². The summed E-state index contributed by atoms with van der Waals surface area (Å²) in [6.45, 7) is 1.36. The Morgan fingerprint density at radius 2 is 2.17 bits per heavy atom. The number of carboxylic acids is 1. The van der Waals surface area contributed by atoms with Crippen LogP contribution >= 0.6 is 0 Å². The minimum atomic E-state index is -4.87. The summed E-state index contributed by atoms with van der Waals surface area (Å²) in [6, 6.07) is -0.756. The quantitative estimate of drug-likeness (QED) is 0.570. The molecule has 0 aromatic carbocycles. The summed E-state index contributed by atoms with van der Waals surface area (Å²) in [5.41, 5.74) is -3.29. The lowest BCUT2D eigenvalue weighted by Gasteiger charge is -2.26. The van der Waals surface area contributed by atoms with Gasteiger partial charge < -0.3 is 19.9 Å². The van der Waals surface area contributed by atoms with Gasteiger partial charge in [-0.3, -0.25) is 9.59 Å². The molecular formula is C13H18F3N3O5. The minimum Gasteiger partial charge on any atom is -0.481 e. The number of H-pyrrole nitrogens is 1. The number of aromatic nitrogens is 2. The predicted molar refractivity (Wildman–Crippen MR) is 76.8 cm³/mol. The van der Waals surface area contributed by atoms with Crippen molar-refractivity contribution in [3.63, 3.8) is 0 Å². The molecule has 2 atom stereocenters. The maximum atomic E-state index is 13.0. The molecule has 136 valence electrons. The van der Waals surface area contributed by atoms with E-state index in [1.807, 2.05) is 0 Å². The fourth-order valence-corrected chi connectivity index (χ4v) is 1.82. The van der Waals surface area contributed by atoms with Crippen LogP contribution < -0.4 is 10.9 Å². The van der Waals surface area contributed by atoms with Crippen molar-refractivity contribution in [3.8, 4) is 0 Å². The van der Waals surface area contributed by atoms with Crippen molar-refractivity contribution in [2.24, 2.45) is 0 Å². The summed E-state index contributed by atoms with van der Waals surface area (Å²) >= 11 is 0. The fraction of sp³-hybridized carbons (Fsp3) is 0.615. The molecule has 24 heavy (non-hydrogen) atoms. The van der Waals surface area contributed by atoms with Gasteiger partial charge in [-0.25, -0.2) is 5.10 Å². The van der Waals surface area contributed by atoms with Crippen molar-refractivity contribution < 1.29 is 32.5 Å². The third-order valence-corrected chi connectivity index (χ3v) is 3.18. The molecule has 1 heterocycles. The molecule has 0 saturated heterocycles. The Morgan fingerprint density at radius 1 is 1.50 bits per heavy atom. The van der Waals surface area contributed by atoms with Crippen LogP contribution in [0.15, 0.2) is 11.0 Å². The standard InChI is InChI=1S/C13H18F3N3O5/c1-7(23-2)9(6-24-4-3-10(20)21)18-8-5-17-19-12(22)11(8)13(14,15)16/h5,7,9H,3-4,6H2,1-2H3,(H,20,21)(H2,18,19,22)/t7-,9-/m1/s1. The molecular weight excluding hydrogens is 335 g/mol. The van der Waals surface area contributed by atoms with E-state index >= 15 is 0 Å². The van der Waals surface area contributed by atoms with Gasteiger partial charge in [0, 0.05) is 7.11 Å². The second-order valence-electron chi connectivity index (χ2n) is 4.90. The van der Waals surface area contributed by atoms with E-state index in [0.717, 1.165) is 6.20 Å². The molecule has 8 nitrogen and oxygen atoms in total. The van der Waals surface area contributed by atoms with E-state index in [4.69, 9.17) is 14.6 Å². The molecule has 1 aromatic heterocycles. The van der Waals surface area contributed by atoms with Crippen molar-refractivity contribution in [1.82, 2.24) is 10.2 Å². The molecule has 0 radical (unpaired) electrons. The molecule has 3 N–H and O–H groups in total. The van der Waals surface area contributed by atoms with Crippen molar-refractivity contribution in [2.75, 3.05) is 25.6 Å². The van der Waals surface area contributed by atoms with Crippen molar-refractivity contribution in [2.45, 2.75) is 31.7 Å². The van der Waals surface area contributed by atoms with Crippen LogP contribution in [-0.4, -0.2) is 53.7 Å². The van der Waals surface area contributed by atoms with Gasteiger partial charge in [0.25, 0.3) is 5.56 Å². The molecule has 1 aromatic rings. The first-order valence-electron chi connectivity index (χ1n) is 6.90. The number of nitrogens with one attached hydrogen (secondary N) is 2. The van der Waals surface area contributed by atoms with Gasteiger partial charge in [0.2, 0.25) is 0 Å². The van der Waals surface area contributed by atoms with E-state index in [0.29, 0.717) is 0 Å². The number of methoxy groups -OCH3 is 1. The Labute approximate surface area is 135 Å². The highest BCUT2D eigenvalue weighted by atomic mass is 19.4. The van der Waals surface area contributed by atoms with Crippen molar-refractivity contribution in [3.05, 3.63) is 22.1 Å². The number of rotatable bonds is 9. The highest BCUT2D eigenvalue weighted by Gasteiger charge is 2.38. The topological polar surface area (TPSA) is 114 Å². The molecule has 0 spiro atoms. The predicted octanol–water partition coefficient (Wildman–Crippen LogP) is 1.10. The van der Waals surface area contributed by atoms with Gasteiger partial charge in [0.1, 0.15) is 5.56 Å². The molecule has 0 unspecified atom stereocenters. The Kier molecular flexibility index (Phi) is 7.17. The number of hydrogen-bond acceptors (Lipinski definition) is 6. The summed E-state index contributed by atoms with van der Waals surface area (Å²) in [6.07, 6.45) is -4.84. The SMILES string of the molecule is CO[C@H](C)[C@@H](COCCC(=O)O)Nc1cn[nH]c(=O)c1C(F)(F)F. The van der Waals surface area contributed by atoms with Crippen LogP contribution in [0.4, 0.5) is 18.9 Å². The second kappa shape index (κ2) is 8.64. The largest absolute Gasteiger partial charge is 0.481 e. The van der Waals surface area contributed by atoms with Gasteiger partial charge in [0.05, 0.1) is 43.7 Å².